The van der Waals surface area contributed by atoms with Crippen molar-refractivity contribution in [3.05, 3.63) is 46.9 Å². The first-order valence-electron chi connectivity index (χ1n) is 13.2. The van der Waals surface area contributed by atoms with Gasteiger partial charge in [0.25, 0.3) is 12.3 Å². The van der Waals surface area contributed by atoms with E-state index in [4.69, 9.17) is 4.74 Å². The molecular formula is C26H27F3N8O4S. The minimum atomic E-state index is -4.89. The second-order valence-corrected chi connectivity index (χ2v) is 10.6. The van der Waals surface area contributed by atoms with E-state index in [1.165, 1.54) is 24.7 Å². The van der Waals surface area contributed by atoms with Crippen LogP contribution >= 0.6 is 11.3 Å². The van der Waals surface area contributed by atoms with Gasteiger partial charge in [-0.25, -0.2) is 20.2 Å². The van der Waals surface area contributed by atoms with Gasteiger partial charge >= 0.3 is 12.2 Å². The molecular weight excluding hydrogens is 577 g/mol. The Balaban J connectivity index is 1.58. The quantitative estimate of drug-likeness (QED) is 0.270. The number of nitrogens with one attached hydrogen (secondary N) is 4. The first kappa shape index (κ1) is 29.2. The van der Waals surface area contributed by atoms with Crippen LogP contribution in [-0.4, -0.2) is 56.9 Å². The first-order valence-corrected chi connectivity index (χ1v) is 14.0. The number of aromatic nitrogens is 3. The van der Waals surface area contributed by atoms with E-state index in [1.54, 1.807) is 13.0 Å². The standard InChI is InChI=1S/C26H27F3N8O4S/c1-2-31-24(39)34-18-9-16(17(12-32-18)13-8-14(11-30-10-13)22-36-37-25(40)41-22)23-35-20(26(27,28)29)19(42-23)21(38)33-15-6-4-3-5-7-15/h8-12,15,25,37,40H,2-7H2,1H3,(H,33,38)(H2,31,32,34,39). The van der Waals surface area contributed by atoms with Crippen molar-refractivity contribution in [2.75, 3.05) is 11.9 Å². The van der Waals surface area contributed by atoms with Gasteiger partial charge in [0, 0.05) is 47.9 Å². The molecule has 1 saturated carbocycles. The molecule has 5 N–H and O–H groups in total. The molecule has 3 aromatic heterocycles. The zero-order valence-electron chi connectivity index (χ0n) is 22.3. The Morgan fingerprint density at radius 2 is 1.88 bits per heavy atom. The van der Waals surface area contributed by atoms with E-state index in [0.717, 1.165) is 19.3 Å². The van der Waals surface area contributed by atoms with E-state index in [-0.39, 0.29) is 28.3 Å². The Morgan fingerprint density at radius 3 is 2.57 bits per heavy atom. The molecule has 0 aromatic carbocycles. The SMILES string of the molecule is CCNC(=O)Nc1cc(-c2nc(C(F)(F)F)c(C(=O)NC3CCCCC3)s2)c(-c2cncc(C3=NNC(O)O3)c2)cn1. The van der Waals surface area contributed by atoms with E-state index in [0.29, 0.717) is 47.4 Å². The molecule has 2 aliphatic rings. The first-order chi connectivity index (χ1) is 20.1. The smallest absolute Gasteiger partial charge is 0.426 e. The normalized spacial score (nSPS) is 17.2. The Labute approximate surface area is 241 Å². The molecule has 42 heavy (non-hydrogen) atoms. The van der Waals surface area contributed by atoms with Crippen molar-refractivity contribution < 1.29 is 32.6 Å². The van der Waals surface area contributed by atoms with Gasteiger partial charge in [0.2, 0.25) is 5.90 Å². The van der Waals surface area contributed by atoms with Crippen molar-refractivity contribution in [1.82, 2.24) is 31.0 Å². The fourth-order valence-corrected chi connectivity index (χ4v) is 5.66. The van der Waals surface area contributed by atoms with Crippen LogP contribution in [0.15, 0.2) is 35.8 Å². The Bertz CT molecular complexity index is 1510. The number of rotatable bonds is 7. The largest absolute Gasteiger partial charge is 0.435 e. The predicted molar refractivity (Wildman–Crippen MR) is 147 cm³/mol. The van der Waals surface area contributed by atoms with Gasteiger partial charge in [-0.3, -0.25) is 15.1 Å². The lowest BCUT2D eigenvalue weighted by Gasteiger charge is -2.22. The zero-order valence-corrected chi connectivity index (χ0v) is 23.1. The fourth-order valence-electron chi connectivity index (χ4n) is 4.64. The van der Waals surface area contributed by atoms with Gasteiger partial charge in [-0.2, -0.15) is 13.2 Å². The number of nitrogens with zero attached hydrogens (tertiary/aromatic N) is 4. The number of ether oxygens (including phenoxy) is 1. The summed E-state index contributed by atoms with van der Waals surface area (Å²) < 4.78 is 47.7. The average Bonchev–Trinajstić information content (AvgIpc) is 3.61. The summed E-state index contributed by atoms with van der Waals surface area (Å²) in [5.41, 5.74) is 2.32. The molecule has 0 radical (unpaired) electrons. The summed E-state index contributed by atoms with van der Waals surface area (Å²) in [4.78, 5) is 37.0. The number of alkyl halides is 3. The van der Waals surface area contributed by atoms with Gasteiger partial charge in [0.1, 0.15) is 15.7 Å². The third-order valence-electron chi connectivity index (χ3n) is 6.55. The lowest BCUT2D eigenvalue weighted by Crippen LogP contribution is -2.36. The van der Waals surface area contributed by atoms with Crippen LogP contribution in [0, 0.1) is 0 Å². The molecule has 0 saturated heterocycles. The van der Waals surface area contributed by atoms with Gasteiger partial charge in [-0.15, -0.1) is 16.4 Å². The highest BCUT2D eigenvalue weighted by Gasteiger charge is 2.40. The summed E-state index contributed by atoms with van der Waals surface area (Å²) in [6.45, 7) is 2.06. The number of hydrogen-bond acceptors (Lipinski definition) is 10. The monoisotopic (exact) mass is 604 g/mol. The predicted octanol–water partition coefficient (Wildman–Crippen LogP) is 4.05. The van der Waals surface area contributed by atoms with Crippen LogP contribution in [0.25, 0.3) is 21.7 Å². The number of pyridine rings is 2. The highest BCUT2D eigenvalue weighted by Crippen LogP contribution is 2.41. The maximum atomic E-state index is 14.2. The minimum Gasteiger partial charge on any atom is -0.426 e. The molecule has 5 rings (SSSR count). The van der Waals surface area contributed by atoms with Crippen molar-refractivity contribution in [2.45, 2.75) is 57.7 Å². The molecule has 16 heteroatoms. The number of carbonyl (C=O) groups excluding carboxylic acids is 2. The molecule has 1 fully saturated rings. The van der Waals surface area contributed by atoms with Crippen LogP contribution in [0.1, 0.15) is 60.0 Å². The van der Waals surface area contributed by atoms with Gasteiger partial charge in [-0.1, -0.05) is 19.3 Å². The number of hydrogen-bond donors (Lipinski definition) is 5. The number of urea groups is 1. The summed E-state index contributed by atoms with van der Waals surface area (Å²) in [6.07, 6.45) is 2.23. The lowest BCUT2D eigenvalue weighted by molar-refractivity contribution is -0.141. The van der Waals surface area contributed by atoms with Crippen molar-refractivity contribution in [1.29, 1.82) is 0 Å². The number of aliphatic hydroxyl groups is 1. The van der Waals surface area contributed by atoms with Gasteiger partial charge in [-0.05, 0) is 31.9 Å². The number of aliphatic hydroxyl groups excluding tert-OH is 1. The number of amides is 3. The van der Waals surface area contributed by atoms with Crippen molar-refractivity contribution in [3.8, 4) is 21.7 Å². The van der Waals surface area contributed by atoms with E-state index in [1.807, 2.05) is 0 Å². The summed E-state index contributed by atoms with van der Waals surface area (Å²) in [7, 11) is 0. The van der Waals surface area contributed by atoms with Crippen molar-refractivity contribution >= 4 is 35.0 Å². The van der Waals surface area contributed by atoms with Crippen LogP contribution in [0.2, 0.25) is 0 Å². The molecule has 1 aliphatic carbocycles. The molecule has 4 heterocycles. The maximum absolute atomic E-state index is 14.2. The van der Waals surface area contributed by atoms with Crippen molar-refractivity contribution in [2.24, 2.45) is 5.10 Å². The van der Waals surface area contributed by atoms with E-state index in [9.17, 15) is 27.9 Å². The Morgan fingerprint density at radius 1 is 1.12 bits per heavy atom. The number of carbonyl (C=O) groups is 2. The van der Waals surface area contributed by atoms with Crippen LogP contribution in [0.4, 0.5) is 23.8 Å². The number of halogens is 3. The molecule has 1 atom stereocenters. The minimum absolute atomic E-state index is 0.0520. The summed E-state index contributed by atoms with van der Waals surface area (Å²) in [5, 5.41) is 21.2. The van der Waals surface area contributed by atoms with E-state index in [2.05, 4.69) is 41.4 Å². The number of hydrazone groups is 1. The fraction of sp³-hybridized carbons (Fsp3) is 0.385. The Hall–Kier alpha value is -4.31. The zero-order chi connectivity index (χ0) is 29.9. The molecule has 0 spiro atoms. The van der Waals surface area contributed by atoms with Crippen LogP contribution in [0.3, 0.4) is 0 Å². The molecule has 3 amide bonds. The third-order valence-corrected chi connectivity index (χ3v) is 7.64. The van der Waals surface area contributed by atoms with Crippen LogP contribution in [-0.2, 0) is 10.9 Å². The van der Waals surface area contributed by atoms with E-state index >= 15 is 0 Å². The Kier molecular flexibility index (Phi) is 8.54. The molecule has 12 nitrogen and oxygen atoms in total. The highest BCUT2D eigenvalue weighted by atomic mass is 32.1. The van der Waals surface area contributed by atoms with Crippen LogP contribution in [0.5, 0.6) is 0 Å². The van der Waals surface area contributed by atoms with Gasteiger partial charge < -0.3 is 20.5 Å². The van der Waals surface area contributed by atoms with E-state index < -0.39 is 35.1 Å². The third kappa shape index (κ3) is 6.60. The number of anilines is 1. The topological polar surface area (TPSA) is 163 Å². The molecule has 222 valence electrons. The molecule has 3 aromatic rings. The summed E-state index contributed by atoms with van der Waals surface area (Å²) in [5.74, 6) is -0.729. The molecule has 1 aliphatic heterocycles. The lowest BCUT2D eigenvalue weighted by atomic mass is 9.95. The van der Waals surface area contributed by atoms with Gasteiger partial charge in [0.15, 0.2) is 5.69 Å². The second-order valence-electron chi connectivity index (χ2n) is 9.58. The van der Waals surface area contributed by atoms with Crippen LogP contribution < -0.4 is 21.4 Å². The number of thiazole rings is 1. The summed E-state index contributed by atoms with van der Waals surface area (Å²) in [6, 6.07) is 2.22. The molecule has 0 bridgehead atoms. The second kappa shape index (κ2) is 12.3. The van der Waals surface area contributed by atoms with Crippen molar-refractivity contribution in [3.63, 3.8) is 0 Å². The molecule has 1 unspecified atom stereocenters. The van der Waals surface area contributed by atoms with Gasteiger partial charge in [0.05, 0.1) is 5.56 Å². The highest BCUT2D eigenvalue weighted by molar-refractivity contribution is 7.17. The summed E-state index contributed by atoms with van der Waals surface area (Å²) >= 11 is 0.601. The maximum Gasteiger partial charge on any atom is 0.435 e. The average molecular weight is 605 g/mol.